The van der Waals surface area contributed by atoms with Gasteiger partial charge in [0.15, 0.2) is 23.3 Å². The molecule has 0 amide bonds. The van der Waals surface area contributed by atoms with E-state index < -0.39 is 34.6 Å². The van der Waals surface area contributed by atoms with E-state index in [-0.39, 0.29) is 12.0 Å². The summed E-state index contributed by atoms with van der Waals surface area (Å²) in [4.78, 5) is 0. The van der Waals surface area contributed by atoms with Crippen molar-refractivity contribution >= 4 is 5.57 Å². The van der Waals surface area contributed by atoms with E-state index in [4.69, 9.17) is 0 Å². The van der Waals surface area contributed by atoms with Crippen molar-refractivity contribution in [1.29, 1.82) is 0 Å². The topological polar surface area (TPSA) is 0 Å². The molecule has 0 atom stereocenters. The quantitative estimate of drug-likeness (QED) is 0.302. The van der Waals surface area contributed by atoms with Crippen LogP contribution in [-0.2, 0) is 0 Å². The van der Waals surface area contributed by atoms with Crippen LogP contribution >= 0.6 is 0 Å². The van der Waals surface area contributed by atoms with E-state index >= 15 is 0 Å². The lowest BCUT2D eigenvalue weighted by Gasteiger charge is -2.12. The predicted molar refractivity (Wildman–Crippen MR) is 52.6 cm³/mol. The number of benzene rings is 1. The Kier molecular flexibility index (Phi) is 3.00. The normalized spacial score (nSPS) is 15.0. The Hall–Kier alpha value is -1.65. The van der Waals surface area contributed by atoms with Crippen molar-refractivity contribution in [3.8, 4) is 0 Å². The Morgan fingerprint density at radius 2 is 1.24 bits per heavy atom. The second-order valence-corrected chi connectivity index (χ2v) is 3.59. The summed E-state index contributed by atoms with van der Waals surface area (Å²) >= 11 is 0. The molecule has 90 valence electrons. The van der Waals surface area contributed by atoms with Crippen LogP contribution in [0, 0.1) is 29.1 Å². The average molecular weight is 246 g/mol. The Bertz CT molecular complexity index is 499. The molecule has 0 unspecified atom stereocenters. The van der Waals surface area contributed by atoms with Crippen LogP contribution < -0.4 is 0 Å². The molecule has 0 bridgehead atoms. The SMILES string of the molecule is Fc1c(F)c(F)c(C2=CCC=CC2)c(F)c1F. The fourth-order valence-corrected chi connectivity index (χ4v) is 1.69. The molecule has 0 saturated carbocycles. The minimum Gasteiger partial charge on any atom is -0.203 e. The maximum absolute atomic E-state index is 13.4. The van der Waals surface area contributed by atoms with Crippen molar-refractivity contribution in [3.05, 3.63) is 52.9 Å². The van der Waals surface area contributed by atoms with Crippen LogP contribution in [0.5, 0.6) is 0 Å². The third kappa shape index (κ3) is 1.85. The van der Waals surface area contributed by atoms with Crippen molar-refractivity contribution in [2.45, 2.75) is 12.8 Å². The second-order valence-electron chi connectivity index (χ2n) is 3.59. The Morgan fingerprint density at radius 3 is 1.71 bits per heavy atom. The van der Waals surface area contributed by atoms with Gasteiger partial charge >= 0.3 is 0 Å². The lowest BCUT2D eigenvalue weighted by atomic mass is 9.96. The monoisotopic (exact) mass is 246 g/mol. The van der Waals surface area contributed by atoms with Crippen LogP contribution in [0.3, 0.4) is 0 Å². The highest BCUT2D eigenvalue weighted by Crippen LogP contribution is 2.31. The number of halogens is 5. The molecule has 0 aromatic heterocycles. The summed E-state index contributed by atoms with van der Waals surface area (Å²) in [5.74, 6) is -9.50. The van der Waals surface area contributed by atoms with Crippen molar-refractivity contribution in [2.75, 3.05) is 0 Å². The first-order valence-electron chi connectivity index (χ1n) is 4.90. The van der Waals surface area contributed by atoms with Gasteiger partial charge in [-0.1, -0.05) is 18.2 Å². The van der Waals surface area contributed by atoms with Gasteiger partial charge in [0, 0.05) is 0 Å². The van der Waals surface area contributed by atoms with Gasteiger partial charge in [-0.2, -0.15) is 0 Å². The molecule has 0 fully saturated rings. The summed E-state index contributed by atoms with van der Waals surface area (Å²) < 4.78 is 65.5. The molecule has 0 heterocycles. The molecule has 2 rings (SSSR count). The first kappa shape index (κ1) is 11.8. The molecule has 17 heavy (non-hydrogen) atoms. The maximum Gasteiger partial charge on any atom is 0.200 e. The highest BCUT2D eigenvalue weighted by molar-refractivity contribution is 5.69. The predicted octanol–water partition coefficient (Wildman–Crippen LogP) is 4.12. The average Bonchev–Trinajstić information content (AvgIpc) is 2.36. The van der Waals surface area contributed by atoms with Crippen LogP contribution in [0.25, 0.3) is 5.57 Å². The van der Waals surface area contributed by atoms with Gasteiger partial charge in [-0.3, -0.25) is 0 Å². The van der Waals surface area contributed by atoms with E-state index in [9.17, 15) is 22.0 Å². The summed E-state index contributed by atoms with van der Waals surface area (Å²) in [6, 6.07) is 0. The number of allylic oxidation sites excluding steroid dienone is 4. The molecule has 1 aromatic rings. The highest BCUT2D eigenvalue weighted by Gasteiger charge is 2.27. The van der Waals surface area contributed by atoms with E-state index in [1.54, 1.807) is 12.2 Å². The van der Waals surface area contributed by atoms with Gasteiger partial charge in [0.1, 0.15) is 0 Å². The molecule has 0 nitrogen and oxygen atoms in total. The van der Waals surface area contributed by atoms with E-state index in [2.05, 4.69) is 0 Å². The second kappa shape index (κ2) is 4.31. The first-order chi connectivity index (χ1) is 8.04. The zero-order valence-electron chi connectivity index (χ0n) is 8.54. The van der Waals surface area contributed by atoms with Gasteiger partial charge < -0.3 is 0 Å². The Labute approximate surface area is 94.1 Å². The van der Waals surface area contributed by atoms with Gasteiger partial charge in [0.05, 0.1) is 5.56 Å². The highest BCUT2D eigenvalue weighted by atomic mass is 19.2. The summed E-state index contributed by atoms with van der Waals surface area (Å²) in [5, 5.41) is 0. The largest absolute Gasteiger partial charge is 0.203 e. The number of rotatable bonds is 1. The van der Waals surface area contributed by atoms with Crippen LogP contribution in [0.4, 0.5) is 22.0 Å². The molecule has 0 saturated heterocycles. The van der Waals surface area contributed by atoms with E-state index in [0.717, 1.165) is 0 Å². The fraction of sp³-hybridized carbons (Fsp3) is 0.167. The zero-order chi connectivity index (χ0) is 12.6. The lowest BCUT2D eigenvalue weighted by Crippen LogP contribution is -2.07. The van der Waals surface area contributed by atoms with Crippen LogP contribution in [-0.4, -0.2) is 0 Å². The molecule has 0 spiro atoms. The van der Waals surface area contributed by atoms with Gasteiger partial charge in [0.25, 0.3) is 0 Å². The molecule has 0 aliphatic heterocycles. The third-order valence-corrected chi connectivity index (χ3v) is 2.54. The van der Waals surface area contributed by atoms with E-state index in [0.29, 0.717) is 6.42 Å². The maximum atomic E-state index is 13.4. The van der Waals surface area contributed by atoms with Crippen molar-refractivity contribution in [1.82, 2.24) is 0 Å². The van der Waals surface area contributed by atoms with Crippen molar-refractivity contribution in [2.24, 2.45) is 0 Å². The molecule has 5 heteroatoms. The molecular weight excluding hydrogens is 239 g/mol. The lowest BCUT2D eigenvalue weighted by molar-refractivity contribution is 0.376. The molecule has 0 N–H and O–H groups in total. The van der Waals surface area contributed by atoms with Crippen LogP contribution in [0.15, 0.2) is 18.2 Å². The molecule has 1 aliphatic rings. The summed E-state index contributed by atoms with van der Waals surface area (Å²) in [6.45, 7) is 0. The smallest absolute Gasteiger partial charge is 0.200 e. The van der Waals surface area contributed by atoms with Crippen molar-refractivity contribution < 1.29 is 22.0 Å². The van der Waals surface area contributed by atoms with Crippen LogP contribution in [0.2, 0.25) is 0 Å². The molecule has 0 radical (unpaired) electrons. The number of hydrogen-bond acceptors (Lipinski definition) is 0. The molecule has 1 aromatic carbocycles. The Balaban J connectivity index is 2.65. The van der Waals surface area contributed by atoms with Gasteiger partial charge in [-0.15, -0.1) is 0 Å². The standard InChI is InChI=1S/C12H7F5/c13-8-7(6-4-2-1-3-5-6)9(14)11(16)12(17)10(8)15/h1-2,5H,3-4H2. The van der Waals surface area contributed by atoms with E-state index in [1.807, 2.05) is 0 Å². The summed E-state index contributed by atoms with van der Waals surface area (Å²) in [5.41, 5.74) is -0.717. The summed E-state index contributed by atoms with van der Waals surface area (Å²) in [7, 11) is 0. The van der Waals surface area contributed by atoms with Gasteiger partial charge in [0.2, 0.25) is 5.82 Å². The fourth-order valence-electron chi connectivity index (χ4n) is 1.69. The van der Waals surface area contributed by atoms with Crippen LogP contribution in [0.1, 0.15) is 18.4 Å². The third-order valence-electron chi connectivity index (χ3n) is 2.54. The Morgan fingerprint density at radius 1 is 0.706 bits per heavy atom. The minimum absolute atomic E-state index is 0.111. The molecule has 1 aliphatic carbocycles. The first-order valence-corrected chi connectivity index (χ1v) is 4.90. The van der Waals surface area contributed by atoms with Crippen molar-refractivity contribution in [3.63, 3.8) is 0 Å². The zero-order valence-corrected chi connectivity index (χ0v) is 8.54. The number of hydrogen-bond donors (Lipinski definition) is 0. The molecular formula is C12H7F5. The van der Waals surface area contributed by atoms with Gasteiger partial charge in [-0.25, -0.2) is 22.0 Å². The van der Waals surface area contributed by atoms with Gasteiger partial charge in [-0.05, 0) is 18.4 Å². The minimum atomic E-state index is -2.13. The summed E-state index contributed by atoms with van der Waals surface area (Å²) in [6.07, 6.45) is 5.37. The van der Waals surface area contributed by atoms with E-state index in [1.165, 1.54) is 6.08 Å².